The number of hydrogen-bond donors (Lipinski definition) is 1. The van der Waals surface area contributed by atoms with E-state index in [0.717, 1.165) is 26.3 Å². The summed E-state index contributed by atoms with van der Waals surface area (Å²) >= 11 is 0. The van der Waals surface area contributed by atoms with E-state index in [9.17, 15) is 0 Å². The van der Waals surface area contributed by atoms with Gasteiger partial charge in [0.25, 0.3) is 0 Å². The summed E-state index contributed by atoms with van der Waals surface area (Å²) in [5, 5.41) is 0. The molecule has 0 amide bonds. The average Bonchev–Trinajstić information content (AvgIpc) is 2.59. The second kappa shape index (κ2) is 5.99. The molecule has 0 atom stereocenters. The van der Waals surface area contributed by atoms with Crippen molar-refractivity contribution in [1.29, 1.82) is 0 Å². The molecular weight excluding hydrogens is 200 g/mol. The molecule has 1 aliphatic carbocycles. The largest absolute Gasteiger partial charge is 0.380 e. The van der Waals surface area contributed by atoms with Gasteiger partial charge >= 0.3 is 0 Å². The molecule has 1 saturated heterocycles. The van der Waals surface area contributed by atoms with Crippen molar-refractivity contribution in [2.24, 2.45) is 11.1 Å². The van der Waals surface area contributed by atoms with Gasteiger partial charge in [-0.25, -0.2) is 0 Å². The van der Waals surface area contributed by atoms with E-state index in [1.54, 1.807) is 0 Å². The molecule has 1 aliphatic heterocycles. The first-order valence-corrected chi connectivity index (χ1v) is 6.85. The second-order valence-corrected chi connectivity index (χ2v) is 5.51. The highest BCUT2D eigenvalue weighted by atomic mass is 16.5. The predicted molar refractivity (Wildman–Crippen MR) is 66.4 cm³/mol. The number of hydrogen-bond acceptors (Lipinski definition) is 3. The van der Waals surface area contributed by atoms with Crippen LogP contribution >= 0.6 is 0 Å². The maximum absolute atomic E-state index is 6.04. The molecule has 3 nitrogen and oxygen atoms in total. The second-order valence-electron chi connectivity index (χ2n) is 5.51. The van der Waals surface area contributed by atoms with E-state index in [1.807, 2.05) is 0 Å². The zero-order valence-electron chi connectivity index (χ0n) is 10.4. The summed E-state index contributed by atoms with van der Waals surface area (Å²) in [6, 6.07) is 0. The topological polar surface area (TPSA) is 38.5 Å². The standard InChI is InChI=1S/C13H26N2O/c14-11-13(5-2-1-3-6-13)12-15-7-4-9-16-10-8-15/h1-12,14H2. The van der Waals surface area contributed by atoms with Crippen LogP contribution in [0.3, 0.4) is 0 Å². The molecule has 2 N–H and O–H groups in total. The van der Waals surface area contributed by atoms with Gasteiger partial charge < -0.3 is 15.4 Å². The lowest BCUT2D eigenvalue weighted by molar-refractivity contribution is 0.101. The van der Waals surface area contributed by atoms with Crippen molar-refractivity contribution in [3.63, 3.8) is 0 Å². The SMILES string of the molecule is NCC1(CN2CCCOCC2)CCCCC1. The lowest BCUT2D eigenvalue weighted by atomic mass is 9.73. The van der Waals surface area contributed by atoms with Gasteiger partial charge in [-0.3, -0.25) is 0 Å². The van der Waals surface area contributed by atoms with E-state index < -0.39 is 0 Å². The van der Waals surface area contributed by atoms with Crippen LogP contribution in [0.25, 0.3) is 0 Å². The first kappa shape index (κ1) is 12.3. The van der Waals surface area contributed by atoms with E-state index in [-0.39, 0.29) is 0 Å². The maximum atomic E-state index is 6.04. The summed E-state index contributed by atoms with van der Waals surface area (Å²) in [6.45, 7) is 6.20. The van der Waals surface area contributed by atoms with Crippen LogP contribution in [0.1, 0.15) is 38.5 Å². The number of ether oxygens (including phenoxy) is 1. The number of nitrogens with zero attached hydrogens (tertiary/aromatic N) is 1. The van der Waals surface area contributed by atoms with E-state index in [1.165, 1.54) is 51.6 Å². The first-order chi connectivity index (χ1) is 7.85. The predicted octanol–water partition coefficient (Wildman–Crippen LogP) is 1.62. The Morgan fingerprint density at radius 3 is 2.56 bits per heavy atom. The molecule has 2 fully saturated rings. The molecule has 0 radical (unpaired) electrons. The lowest BCUT2D eigenvalue weighted by Gasteiger charge is -2.40. The third-order valence-electron chi connectivity index (χ3n) is 4.22. The van der Waals surface area contributed by atoms with Crippen LogP contribution in [0.15, 0.2) is 0 Å². The smallest absolute Gasteiger partial charge is 0.0593 e. The molecule has 1 saturated carbocycles. The summed E-state index contributed by atoms with van der Waals surface area (Å²) in [4.78, 5) is 2.57. The van der Waals surface area contributed by atoms with Gasteiger partial charge in [-0.2, -0.15) is 0 Å². The van der Waals surface area contributed by atoms with Crippen LogP contribution in [0.2, 0.25) is 0 Å². The van der Waals surface area contributed by atoms with Crippen molar-refractivity contribution in [3.05, 3.63) is 0 Å². The lowest BCUT2D eigenvalue weighted by Crippen LogP contribution is -2.44. The van der Waals surface area contributed by atoms with Crippen LogP contribution in [0.4, 0.5) is 0 Å². The van der Waals surface area contributed by atoms with Crippen LogP contribution in [0.5, 0.6) is 0 Å². The van der Waals surface area contributed by atoms with E-state index in [2.05, 4.69) is 4.90 Å². The molecule has 3 heteroatoms. The summed E-state index contributed by atoms with van der Waals surface area (Å²) in [6.07, 6.45) is 8.01. The molecule has 0 aromatic rings. The number of nitrogens with two attached hydrogens (primary N) is 1. The van der Waals surface area contributed by atoms with E-state index in [4.69, 9.17) is 10.5 Å². The van der Waals surface area contributed by atoms with Crippen molar-refractivity contribution in [3.8, 4) is 0 Å². The number of rotatable bonds is 3. The third kappa shape index (κ3) is 3.19. The minimum absolute atomic E-state index is 0.419. The van der Waals surface area contributed by atoms with Crippen LogP contribution < -0.4 is 5.73 Å². The average molecular weight is 226 g/mol. The summed E-state index contributed by atoms with van der Waals surface area (Å²) < 4.78 is 5.51. The maximum Gasteiger partial charge on any atom is 0.0593 e. The molecule has 0 unspecified atom stereocenters. The van der Waals surface area contributed by atoms with Gasteiger partial charge in [0.15, 0.2) is 0 Å². The molecule has 16 heavy (non-hydrogen) atoms. The summed E-state index contributed by atoms with van der Waals surface area (Å²) in [7, 11) is 0. The molecule has 0 aromatic heterocycles. The Bertz CT molecular complexity index is 194. The minimum Gasteiger partial charge on any atom is -0.380 e. The Labute approximate surface area is 99.3 Å². The van der Waals surface area contributed by atoms with E-state index >= 15 is 0 Å². The zero-order valence-corrected chi connectivity index (χ0v) is 10.4. The van der Waals surface area contributed by atoms with Crippen molar-refractivity contribution >= 4 is 0 Å². The van der Waals surface area contributed by atoms with Crippen LogP contribution in [-0.4, -0.2) is 44.3 Å². The fourth-order valence-corrected chi connectivity index (χ4v) is 3.16. The molecular formula is C13H26N2O. The van der Waals surface area contributed by atoms with Crippen molar-refractivity contribution < 1.29 is 4.74 Å². The molecule has 2 aliphatic rings. The molecule has 94 valence electrons. The zero-order chi connectivity index (χ0) is 11.3. The fraction of sp³-hybridized carbons (Fsp3) is 1.00. The molecule has 0 aromatic carbocycles. The molecule has 0 spiro atoms. The Hall–Kier alpha value is -0.120. The van der Waals surface area contributed by atoms with Crippen molar-refractivity contribution in [2.45, 2.75) is 38.5 Å². The van der Waals surface area contributed by atoms with Crippen molar-refractivity contribution in [1.82, 2.24) is 4.90 Å². The minimum atomic E-state index is 0.419. The normalized spacial score (nSPS) is 27.6. The Morgan fingerprint density at radius 1 is 1.00 bits per heavy atom. The first-order valence-electron chi connectivity index (χ1n) is 6.85. The molecule has 0 bridgehead atoms. The Morgan fingerprint density at radius 2 is 1.81 bits per heavy atom. The van der Waals surface area contributed by atoms with Gasteiger partial charge in [-0.1, -0.05) is 19.3 Å². The van der Waals surface area contributed by atoms with Gasteiger partial charge in [0.2, 0.25) is 0 Å². The van der Waals surface area contributed by atoms with Crippen LogP contribution in [-0.2, 0) is 4.74 Å². The highest BCUT2D eigenvalue weighted by Crippen LogP contribution is 2.36. The quantitative estimate of drug-likeness (QED) is 0.794. The van der Waals surface area contributed by atoms with Crippen LogP contribution in [0, 0.1) is 5.41 Å². The van der Waals surface area contributed by atoms with Gasteiger partial charge in [-0.15, -0.1) is 0 Å². The monoisotopic (exact) mass is 226 g/mol. The summed E-state index contributed by atoms with van der Waals surface area (Å²) in [5.41, 5.74) is 6.46. The van der Waals surface area contributed by atoms with Gasteiger partial charge in [0.05, 0.1) is 6.61 Å². The Balaban J connectivity index is 1.88. The highest BCUT2D eigenvalue weighted by molar-refractivity contribution is 4.87. The van der Waals surface area contributed by atoms with E-state index in [0.29, 0.717) is 5.41 Å². The fourth-order valence-electron chi connectivity index (χ4n) is 3.16. The Kier molecular flexibility index (Phi) is 4.62. The van der Waals surface area contributed by atoms with Gasteiger partial charge in [0.1, 0.15) is 0 Å². The molecule has 2 rings (SSSR count). The highest BCUT2D eigenvalue weighted by Gasteiger charge is 2.32. The van der Waals surface area contributed by atoms with Crippen molar-refractivity contribution in [2.75, 3.05) is 39.4 Å². The van der Waals surface area contributed by atoms with Gasteiger partial charge in [0, 0.05) is 26.2 Å². The summed E-state index contributed by atoms with van der Waals surface area (Å²) in [5.74, 6) is 0. The van der Waals surface area contributed by atoms with Gasteiger partial charge in [-0.05, 0) is 31.2 Å². The third-order valence-corrected chi connectivity index (χ3v) is 4.22. The molecule has 1 heterocycles.